The Morgan fingerprint density at radius 1 is 1.20 bits per heavy atom. The number of carbonyl (C=O) groups excluding carboxylic acids is 2. The summed E-state index contributed by atoms with van der Waals surface area (Å²) in [6.07, 6.45) is 3.17. The monoisotopic (exact) mass is 271 g/mol. The second-order valence-corrected chi connectivity index (χ2v) is 3.97. The third kappa shape index (κ3) is 3.81. The standard InChI is InChI=1S/C14H13N3O3/c15-13(18)9-20-12-3-1-2-10(8-12)14(19)17-11-4-6-16-7-5-11/h1-8H,9H2,(H2,15,18)(H,16,17,19). The van der Waals surface area contributed by atoms with Crippen LogP contribution in [-0.2, 0) is 4.79 Å². The number of anilines is 1. The van der Waals surface area contributed by atoms with E-state index in [9.17, 15) is 9.59 Å². The molecule has 0 fully saturated rings. The molecule has 3 N–H and O–H groups in total. The van der Waals surface area contributed by atoms with Crippen molar-refractivity contribution in [3.63, 3.8) is 0 Å². The highest BCUT2D eigenvalue weighted by molar-refractivity contribution is 6.04. The molecule has 2 aromatic rings. The van der Waals surface area contributed by atoms with Gasteiger partial charge in [0.25, 0.3) is 11.8 Å². The van der Waals surface area contributed by atoms with Gasteiger partial charge in [-0.05, 0) is 30.3 Å². The first-order valence-corrected chi connectivity index (χ1v) is 5.88. The average molecular weight is 271 g/mol. The molecule has 1 aromatic heterocycles. The van der Waals surface area contributed by atoms with Crippen molar-refractivity contribution in [2.45, 2.75) is 0 Å². The molecule has 0 bridgehead atoms. The predicted octanol–water partition coefficient (Wildman–Crippen LogP) is 1.20. The number of rotatable bonds is 5. The molecule has 6 nitrogen and oxygen atoms in total. The number of primary amides is 1. The van der Waals surface area contributed by atoms with Crippen LogP contribution < -0.4 is 15.8 Å². The molecule has 20 heavy (non-hydrogen) atoms. The maximum Gasteiger partial charge on any atom is 0.255 e. The molecule has 1 heterocycles. The number of nitrogens with two attached hydrogens (primary N) is 1. The highest BCUT2D eigenvalue weighted by Gasteiger charge is 2.07. The topological polar surface area (TPSA) is 94.3 Å². The van der Waals surface area contributed by atoms with E-state index in [2.05, 4.69) is 10.3 Å². The van der Waals surface area contributed by atoms with Gasteiger partial charge in [-0.1, -0.05) is 6.07 Å². The molecule has 102 valence electrons. The Morgan fingerprint density at radius 2 is 1.95 bits per heavy atom. The molecule has 6 heteroatoms. The summed E-state index contributed by atoms with van der Waals surface area (Å²) in [5.74, 6) is -0.441. The maximum atomic E-state index is 12.0. The fourth-order valence-corrected chi connectivity index (χ4v) is 1.52. The molecule has 2 amide bonds. The van der Waals surface area contributed by atoms with E-state index in [-0.39, 0.29) is 12.5 Å². The first-order valence-electron chi connectivity index (χ1n) is 5.88. The van der Waals surface area contributed by atoms with Crippen LogP contribution in [0.15, 0.2) is 48.8 Å². The van der Waals surface area contributed by atoms with E-state index < -0.39 is 5.91 Å². The van der Waals surface area contributed by atoms with Gasteiger partial charge >= 0.3 is 0 Å². The first-order chi connectivity index (χ1) is 9.65. The summed E-state index contributed by atoms with van der Waals surface area (Å²) in [5.41, 5.74) is 6.06. The van der Waals surface area contributed by atoms with Gasteiger partial charge in [0.05, 0.1) is 0 Å². The van der Waals surface area contributed by atoms with Crippen molar-refractivity contribution in [3.8, 4) is 5.75 Å². The molecule has 0 radical (unpaired) electrons. The number of aromatic nitrogens is 1. The van der Waals surface area contributed by atoms with E-state index in [4.69, 9.17) is 10.5 Å². The lowest BCUT2D eigenvalue weighted by atomic mass is 10.2. The lowest BCUT2D eigenvalue weighted by molar-refractivity contribution is -0.119. The fraction of sp³-hybridized carbons (Fsp3) is 0.0714. The molecular formula is C14H13N3O3. The first kappa shape index (κ1) is 13.5. The van der Waals surface area contributed by atoms with Crippen LogP contribution >= 0.6 is 0 Å². The Hall–Kier alpha value is -2.89. The molecule has 2 rings (SSSR count). The van der Waals surface area contributed by atoms with Crippen LogP contribution in [0.1, 0.15) is 10.4 Å². The lowest BCUT2D eigenvalue weighted by Gasteiger charge is -2.07. The maximum absolute atomic E-state index is 12.0. The Kier molecular flexibility index (Phi) is 4.28. The molecule has 0 saturated heterocycles. The van der Waals surface area contributed by atoms with Crippen LogP contribution in [0.3, 0.4) is 0 Å². The summed E-state index contributed by atoms with van der Waals surface area (Å²) in [6.45, 7) is -0.227. The van der Waals surface area contributed by atoms with E-state index in [1.54, 1.807) is 48.8 Å². The number of carbonyl (C=O) groups is 2. The zero-order valence-corrected chi connectivity index (χ0v) is 10.6. The van der Waals surface area contributed by atoms with Gasteiger partial charge in [0, 0.05) is 23.6 Å². The Labute approximate surface area is 115 Å². The third-order valence-corrected chi connectivity index (χ3v) is 2.42. The van der Waals surface area contributed by atoms with Gasteiger partial charge in [0.2, 0.25) is 0 Å². The number of pyridine rings is 1. The van der Waals surface area contributed by atoms with Crippen molar-refractivity contribution in [2.75, 3.05) is 11.9 Å². The van der Waals surface area contributed by atoms with E-state index >= 15 is 0 Å². The summed E-state index contributed by atoms with van der Waals surface area (Å²) in [7, 11) is 0. The lowest BCUT2D eigenvalue weighted by Crippen LogP contribution is -2.20. The van der Waals surface area contributed by atoms with Crippen molar-refractivity contribution in [1.82, 2.24) is 4.98 Å². The number of nitrogens with one attached hydrogen (secondary N) is 1. The van der Waals surface area contributed by atoms with Gasteiger partial charge in [-0.15, -0.1) is 0 Å². The number of benzene rings is 1. The van der Waals surface area contributed by atoms with E-state index in [1.165, 1.54) is 0 Å². The summed E-state index contributed by atoms with van der Waals surface area (Å²) >= 11 is 0. The molecule has 0 aliphatic heterocycles. The largest absolute Gasteiger partial charge is 0.484 e. The van der Waals surface area contributed by atoms with Crippen molar-refractivity contribution in [2.24, 2.45) is 5.73 Å². The minimum atomic E-state index is -0.573. The second kappa shape index (κ2) is 6.33. The van der Waals surface area contributed by atoms with Crippen LogP contribution in [0.4, 0.5) is 5.69 Å². The van der Waals surface area contributed by atoms with Crippen molar-refractivity contribution in [3.05, 3.63) is 54.4 Å². The minimum absolute atomic E-state index is 0.227. The fourth-order valence-electron chi connectivity index (χ4n) is 1.52. The van der Waals surface area contributed by atoms with Crippen LogP contribution in [0, 0.1) is 0 Å². The predicted molar refractivity (Wildman–Crippen MR) is 73.3 cm³/mol. The molecule has 0 atom stereocenters. The molecule has 0 aliphatic rings. The zero-order chi connectivity index (χ0) is 14.4. The normalized spacial score (nSPS) is 9.80. The molecule has 0 unspecified atom stereocenters. The Balaban J connectivity index is 2.06. The van der Waals surface area contributed by atoms with Gasteiger partial charge in [-0.3, -0.25) is 14.6 Å². The van der Waals surface area contributed by atoms with Crippen molar-refractivity contribution < 1.29 is 14.3 Å². The summed E-state index contributed by atoms with van der Waals surface area (Å²) < 4.78 is 5.14. The van der Waals surface area contributed by atoms with Gasteiger partial charge in [-0.25, -0.2) is 0 Å². The van der Waals surface area contributed by atoms with Crippen LogP contribution in [-0.4, -0.2) is 23.4 Å². The quantitative estimate of drug-likeness (QED) is 0.854. The summed E-state index contributed by atoms with van der Waals surface area (Å²) in [5, 5.41) is 2.72. The van der Waals surface area contributed by atoms with E-state index in [0.717, 1.165) is 0 Å². The van der Waals surface area contributed by atoms with E-state index in [1.807, 2.05) is 0 Å². The average Bonchev–Trinajstić information content (AvgIpc) is 2.46. The summed E-state index contributed by atoms with van der Waals surface area (Å²) in [4.78, 5) is 26.5. The van der Waals surface area contributed by atoms with Gasteiger partial charge in [-0.2, -0.15) is 0 Å². The number of amides is 2. The number of hydrogen-bond acceptors (Lipinski definition) is 4. The third-order valence-electron chi connectivity index (χ3n) is 2.42. The van der Waals surface area contributed by atoms with Crippen molar-refractivity contribution >= 4 is 17.5 Å². The smallest absolute Gasteiger partial charge is 0.255 e. The van der Waals surface area contributed by atoms with Gasteiger partial charge in [0.1, 0.15) is 5.75 Å². The Morgan fingerprint density at radius 3 is 2.65 bits per heavy atom. The minimum Gasteiger partial charge on any atom is -0.484 e. The van der Waals surface area contributed by atoms with Crippen LogP contribution in [0.2, 0.25) is 0 Å². The molecule has 0 spiro atoms. The van der Waals surface area contributed by atoms with Crippen molar-refractivity contribution in [1.29, 1.82) is 0 Å². The summed E-state index contributed by atoms with van der Waals surface area (Å²) in [6, 6.07) is 9.87. The van der Waals surface area contributed by atoms with Gasteiger partial charge in [0.15, 0.2) is 6.61 Å². The molecule has 1 aromatic carbocycles. The second-order valence-electron chi connectivity index (χ2n) is 3.97. The molecular weight excluding hydrogens is 258 g/mol. The SMILES string of the molecule is NC(=O)COc1cccc(C(=O)Nc2ccncc2)c1. The highest BCUT2D eigenvalue weighted by atomic mass is 16.5. The van der Waals surface area contributed by atoms with Gasteiger partial charge < -0.3 is 15.8 Å². The molecule has 0 saturated carbocycles. The van der Waals surface area contributed by atoms with Crippen LogP contribution in [0.25, 0.3) is 0 Å². The van der Waals surface area contributed by atoms with E-state index in [0.29, 0.717) is 17.0 Å². The molecule has 0 aliphatic carbocycles. The number of nitrogens with zero attached hydrogens (tertiary/aromatic N) is 1. The Bertz CT molecular complexity index is 614. The highest BCUT2D eigenvalue weighted by Crippen LogP contribution is 2.15. The number of ether oxygens (including phenoxy) is 1. The number of hydrogen-bond donors (Lipinski definition) is 2. The zero-order valence-electron chi connectivity index (χ0n) is 10.6. The van der Waals surface area contributed by atoms with Crippen LogP contribution in [0.5, 0.6) is 5.75 Å².